The highest BCUT2D eigenvalue weighted by molar-refractivity contribution is 5.56. The van der Waals surface area contributed by atoms with Crippen molar-refractivity contribution in [2.75, 3.05) is 23.3 Å². The van der Waals surface area contributed by atoms with Crippen LogP contribution in [0.25, 0.3) is 0 Å². The normalized spacial score (nSPS) is 20.6. The SMILES string of the molecule is CCNc1cncc(N2CCCCCC2CC)c1. The third-order valence-corrected chi connectivity index (χ3v) is 3.78. The predicted molar refractivity (Wildman–Crippen MR) is 78.3 cm³/mol. The third-order valence-electron chi connectivity index (χ3n) is 3.78. The molecule has 1 aliphatic heterocycles. The molecule has 1 aromatic heterocycles. The van der Waals surface area contributed by atoms with E-state index in [2.05, 4.69) is 35.1 Å². The van der Waals surface area contributed by atoms with E-state index in [0.717, 1.165) is 12.2 Å². The highest BCUT2D eigenvalue weighted by Gasteiger charge is 2.20. The van der Waals surface area contributed by atoms with Gasteiger partial charge in [0.1, 0.15) is 0 Å². The first kappa shape index (κ1) is 13.2. The summed E-state index contributed by atoms with van der Waals surface area (Å²) in [5, 5.41) is 3.35. The summed E-state index contributed by atoms with van der Waals surface area (Å²) in [5.41, 5.74) is 2.41. The molecular weight excluding hydrogens is 222 g/mol. The van der Waals surface area contributed by atoms with E-state index in [1.165, 1.54) is 44.3 Å². The zero-order valence-electron chi connectivity index (χ0n) is 11.7. The van der Waals surface area contributed by atoms with Gasteiger partial charge in [-0.25, -0.2) is 0 Å². The van der Waals surface area contributed by atoms with Crippen molar-refractivity contribution in [2.45, 2.75) is 52.0 Å². The highest BCUT2D eigenvalue weighted by Crippen LogP contribution is 2.26. The number of hydrogen-bond acceptors (Lipinski definition) is 3. The Morgan fingerprint density at radius 2 is 2.17 bits per heavy atom. The van der Waals surface area contributed by atoms with Crippen molar-refractivity contribution in [1.82, 2.24) is 4.98 Å². The van der Waals surface area contributed by atoms with Gasteiger partial charge in [0.25, 0.3) is 0 Å². The molecule has 0 aromatic carbocycles. The van der Waals surface area contributed by atoms with Gasteiger partial charge in [0.05, 0.1) is 23.8 Å². The molecule has 18 heavy (non-hydrogen) atoms. The molecule has 3 nitrogen and oxygen atoms in total. The molecule has 0 bridgehead atoms. The van der Waals surface area contributed by atoms with Crippen LogP contribution in [-0.4, -0.2) is 24.1 Å². The highest BCUT2D eigenvalue weighted by atomic mass is 15.2. The van der Waals surface area contributed by atoms with Crippen molar-refractivity contribution in [3.05, 3.63) is 18.5 Å². The first-order valence-corrected chi connectivity index (χ1v) is 7.30. The van der Waals surface area contributed by atoms with Gasteiger partial charge in [-0.2, -0.15) is 0 Å². The number of anilines is 2. The summed E-state index contributed by atoms with van der Waals surface area (Å²) >= 11 is 0. The van der Waals surface area contributed by atoms with Crippen LogP contribution >= 0.6 is 0 Å². The zero-order chi connectivity index (χ0) is 12.8. The summed E-state index contributed by atoms with van der Waals surface area (Å²) in [5.74, 6) is 0. The van der Waals surface area contributed by atoms with Crippen LogP contribution < -0.4 is 10.2 Å². The Hall–Kier alpha value is -1.25. The maximum Gasteiger partial charge on any atom is 0.0575 e. The predicted octanol–water partition coefficient (Wildman–Crippen LogP) is 3.67. The Balaban J connectivity index is 2.18. The minimum atomic E-state index is 0.686. The maximum absolute atomic E-state index is 4.37. The van der Waals surface area contributed by atoms with Crippen molar-refractivity contribution in [3.8, 4) is 0 Å². The fourth-order valence-corrected chi connectivity index (χ4v) is 2.83. The van der Waals surface area contributed by atoms with E-state index in [-0.39, 0.29) is 0 Å². The van der Waals surface area contributed by atoms with E-state index in [9.17, 15) is 0 Å². The Morgan fingerprint density at radius 3 is 2.94 bits per heavy atom. The van der Waals surface area contributed by atoms with Crippen molar-refractivity contribution >= 4 is 11.4 Å². The first-order chi connectivity index (χ1) is 8.85. The average molecular weight is 247 g/mol. The molecule has 2 rings (SSSR count). The quantitative estimate of drug-likeness (QED) is 0.880. The molecule has 3 heteroatoms. The summed E-state index contributed by atoms with van der Waals surface area (Å²) < 4.78 is 0. The molecule has 0 saturated carbocycles. The molecule has 1 N–H and O–H groups in total. The van der Waals surface area contributed by atoms with Crippen LogP contribution in [0.5, 0.6) is 0 Å². The molecule has 1 unspecified atom stereocenters. The number of nitrogens with zero attached hydrogens (tertiary/aromatic N) is 2. The van der Waals surface area contributed by atoms with Crippen molar-refractivity contribution in [1.29, 1.82) is 0 Å². The molecule has 1 aliphatic rings. The molecule has 100 valence electrons. The fourth-order valence-electron chi connectivity index (χ4n) is 2.83. The zero-order valence-corrected chi connectivity index (χ0v) is 11.7. The number of hydrogen-bond donors (Lipinski definition) is 1. The van der Waals surface area contributed by atoms with Gasteiger partial charge in [-0.15, -0.1) is 0 Å². The van der Waals surface area contributed by atoms with Gasteiger partial charge in [-0.3, -0.25) is 4.98 Å². The standard InChI is InChI=1S/C15H25N3/c1-3-14-8-6-5-7-9-18(14)15-10-13(17-4-2)11-16-12-15/h10-12,14,17H,3-9H2,1-2H3. The molecule has 1 saturated heterocycles. The molecule has 2 heterocycles. The molecule has 0 spiro atoms. The lowest BCUT2D eigenvalue weighted by molar-refractivity contribution is 0.556. The van der Waals surface area contributed by atoms with Crippen molar-refractivity contribution in [2.24, 2.45) is 0 Å². The minimum absolute atomic E-state index is 0.686. The van der Waals surface area contributed by atoms with E-state index in [4.69, 9.17) is 0 Å². The van der Waals surface area contributed by atoms with Crippen LogP contribution in [0.3, 0.4) is 0 Å². The summed E-state index contributed by atoms with van der Waals surface area (Å²) in [6.45, 7) is 6.54. The monoisotopic (exact) mass is 247 g/mol. The summed E-state index contributed by atoms with van der Waals surface area (Å²) in [6, 6.07) is 2.93. The Bertz CT molecular complexity index is 365. The van der Waals surface area contributed by atoms with Crippen molar-refractivity contribution < 1.29 is 0 Å². The Kier molecular flexibility index (Phi) is 4.85. The largest absolute Gasteiger partial charge is 0.384 e. The van der Waals surface area contributed by atoms with Gasteiger partial charge in [-0.05, 0) is 32.3 Å². The maximum atomic E-state index is 4.37. The first-order valence-electron chi connectivity index (χ1n) is 7.30. The van der Waals surface area contributed by atoms with E-state index in [1.54, 1.807) is 0 Å². The molecule has 0 amide bonds. The van der Waals surface area contributed by atoms with Crippen molar-refractivity contribution in [3.63, 3.8) is 0 Å². The summed E-state index contributed by atoms with van der Waals surface area (Å²) in [7, 11) is 0. The lowest BCUT2D eigenvalue weighted by Gasteiger charge is -2.31. The third kappa shape index (κ3) is 3.15. The summed E-state index contributed by atoms with van der Waals surface area (Å²) in [6.07, 6.45) is 10.5. The average Bonchev–Trinajstić information content (AvgIpc) is 2.64. The number of pyridine rings is 1. The molecule has 1 fully saturated rings. The van der Waals surface area contributed by atoms with E-state index in [1.807, 2.05) is 12.4 Å². The van der Waals surface area contributed by atoms with Crippen LogP contribution in [-0.2, 0) is 0 Å². The van der Waals surface area contributed by atoms with Gasteiger partial charge in [0.2, 0.25) is 0 Å². The molecule has 1 aromatic rings. The van der Waals surface area contributed by atoms with Crippen LogP contribution in [0, 0.1) is 0 Å². The van der Waals surface area contributed by atoms with Gasteiger partial charge in [0.15, 0.2) is 0 Å². The van der Waals surface area contributed by atoms with Gasteiger partial charge < -0.3 is 10.2 Å². The molecule has 1 atom stereocenters. The number of aromatic nitrogens is 1. The van der Waals surface area contributed by atoms with Crippen LogP contribution in [0.2, 0.25) is 0 Å². The lowest BCUT2D eigenvalue weighted by atomic mass is 10.1. The number of rotatable bonds is 4. The van der Waals surface area contributed by atoms with Gasteiger partial charge >= 0.3 is 0 Å². The van der Waals surface area contributed by atoms with Crippen LogP contribution in [0.1, 0.15) is 46.0 Å². The molecule has 0 radical (unpaired) electrons. The summed E-state index contributed by atoms with van der Waals surface area (Å²) in [4.78, 5) is 6.93. The Labute approximate surface area is 111 Å². The van der Waals surface area contributed by atoms with Gasteiger partial charge in [-0.1, -0.05) is 19.8 Å². The van der Waals surface area contributed by atoms with Gasteiger partial charge in [0, 0.05) is 19.1 Å². The van der Waals surface area contributed by atoms with Crippen LogP contribution in [0.15, 0.2) is 18.5 Å². The second-order valence-corrected chi connectivity index (χ2v) is 5.07. The van der Waals surface area contributed by atoms with Crippen LogP contribution in [0.4, 0.5) is 11.4 Å². The number of nitrogens with one attached hydrogen (secondary N) is 1. The second-order valence-electron chi connectivity index (χ2n) is 5.07. The van der Waals surface area contributed by atoms with E-state index < -0.39 is 0 Å². The van der Waals surface area contributed by atoms with E-state index in [0.29, 0.717) is 6.04 Å². The second kappa shape index (κ2) is 6.62. The Morgan fingerprint density at radius 1 is 1.28 bits per heavy atom. The molecular formula is C15H25N3. The van der Waals surface area contributed by atoms with E-state index >= 15 is 0 Å². The topological polar surface area (TPSA) is 28.2 Å². The lowest BCUT2D eigenvalue weighted by Crippen LogP contribution is -2.34. The fraction of sp³-hybridized carbons (Fsp3) is 0.667. The molecule has 0 aliphatic carbocycles. The smallest absolute Gasteiger partial charge is 0.0575 e. The minimum Gasteiger partial charge on any atom is -0.384 e.